The van der Waals surface area contributed by atoms with Gasteiger partial charge in [-0.1, -0.05) is 48.6 Å². The monoisotopic (exact) mass is 440 g/mol. The molecule has 2 heterocycles. The van der Waals surface area contributed by atoms with Gasteiger partial charge in [0.1, 0.15) is 0 Å². The van der Waals surface area contributed by atoms with Gasteiger partial charge in [0.25, 0.3) is 0 Å². The maximum absolute atomic E-state index is 12.7. The fourth-order valence-corrected chi connectivity index (χ4v) is 6.27. The maximum Gasteiger partial charge on any atom is 0.243 e. The molecule has 1 saturated heterocycles. The largest absolute Gasteiger partial charge is 0.353 e. The van der Waals surface area contributed by atoms with Crippen molar-refractivity contribution in [2.75, 3.05) is 30.7 Å². The van der Waals surface area contributed by atoms with Gasteiger partial charge < -0.3 is 5.32 Å². The number of anilines is 1. The van der Waals surface area contributed by atoms with Gasteiger partial charge in [-0.15, -0.1) is 10.2 Å². The summed E-state index contributed by atoms with van der Waals surface area (Å²) in [7, 11) is -3.53. The molecule has 7 nitrogen and oxygen atoms in total. The topological polar surface area (TPSA) is 92.3 Å². The second-order valence-electron chi connectivity index (χ2n) is 6.49. The Morgan fingerprint density at radius 2 is 2.07 bits per heavy atom. The Hall–Kier alpha value is -1.49. The number of thioether (sulfide) groups is 1. The van der Waals surface area contributed by atoms with Crippen LogP contribution in [0.3, 0.4) is 0 Å². The molecular weight excluding hydrogens is 416 g/mol. The zero-order valence-electron chi connectivity index (χ0n) is 15.8. The molecule has 10 heteroatoms. The average molecular weight is 441 g/mol. The average Bonchev–Trinajstić information content (AvgIpc) is 3.39. The van der Waals surface area contributed by atoms with Gasteiger partial charge in [-0.2, -0.15) is 4.31 Å². The summed E-state index contributed by atoms with van der Waals surface area (Å²) in [5, 5.41) is 11.7. The molecule has 0 amide bonds. The number of carbonyl (C=O) groups is 1. The lowest BCUT2D eigenvalue weighted by atomic mass is 10.1. The number of rotatable bonds is 10. The number of hydrogen-bond acceptors (Lipinski definition) is 8. The first-order chi connectivity index (χ1) is 13.5. The van der Waals surface area contributed by atoms with E-state index in [1.54, 1.807) is 30.0 Å². The van der Waals surface area contributed by atoms with Crippen molar-refractivity contribution in [1.82, 2.24) is 14.5 Å². The van der Waals surface area contributed by atoms with E-state index < -0.39 is 10.0 Å². The van der Waals surface area contributed by atoms with Crippen LogP contribution in [0.2, 0.25) is 0 Å². The van der Waals surface area contributed by atoms with Crippen LogP contribution < -0.4 is 5.32 Å². The normalized spacial score (nSPS) is 15.0. The van der Waals surface area contributed by atoms with Gasteiger partial charge in [0.15, 0.2) is 10.1 Å². The van der Waals surface area contributed by atoms with E-state index >= 15 is 0 Å². The number of hydrogen-bond donors (Lipinski definition) is 1. The fraction of sp³-hybridized carbons (Fsp3) is 0.500. The van der Waals surface area contributed by atoms with Crippen LogP contribution >= 0.6 is 23.1 Å². The summed E-state index contributed by atoms with van der Waals surface area (Å²) in [6, 6.07) is 6.26. The molecule has 0 unspecified atom stereocenters. The number of nitrogens with zero attached hydrogens (tertiary/aromatic N) is 3. The van der Waals surface area contributed by atoms with Crippen molar-refractivity contribution >= 4 is 44.0 Å². The van der Waals surface area contributed by atoms with Gasteiger partial charge in [0.2, 0.25) is 15.2 Å². The van der Waals surface area contributed by atoms with E-state index in [-0.39, 0.29) is 17.2 Å². The molecule has 0 radical (unpaired) electrons. The van der Waals surface area contributed by atoms with E-state index in [4.69, 9.17) is 0 Å². The van der Waals surface area contributed by atoms with Crippen molar-refractivity contribution in [2.24, 2.45) is 0 Å². The Balaban J connectivity index is 1.60. The van der Waals surface area contributed by atoms with Gasteiger partial charge in [-0.25, -0.2) is 8.42 Å². The SMILES string of the molecule is CCCCSc1nnc(NCC(=O)c2cccc(S(=O)(=O)N3CCCC3)c2)s1. The molecule has 1 aliphatic heterocycles. The van der Waals surface area contributed by atoms with E-state index in [0.29, 0.717) is 23.8 Å². The highest BCUT2D eigenvalue weighted by Crippen LogP contribution is 2.26. The van der Waals surface area contributed by atoms with Gasteiger partial charge in [0, 0.05) is 24.4 Å². The summed E-state index contributed by atoms with van der Waals surface area (Å²) in [6.07, 6.45) is 4.02. The van der Waals surface area contributed by atoms with E-state index in [9.17, 15) is 13.2 Å². The summed E-state index contributed by atoms with van der Waals surface area (Å²) in [5.41, 5.74) is 0.370. The van der Waals surface area contributed by atoms with Crippen molar-refractivity contribution in [1.29, 1.82) is 0 Å². The van der Waals surface area contributed by atoms with Gasteiger partial charge in [-0.05, 0) is 31.4 Å². The second-order valence-corrected chi connectivity index (χ2v) is 10.7. The van der Waals surface area contributed by atoms with Crippen LogP contribution in [0, 0.1) is 0 Å². The lowest BCUT2D eigenvalue weighted by Gasteiger charge is -2.15. The lowest BCUT2D eigenvalue weighted by Crippen LogP contribution is -2.28. The number of benzene rings is 1. The van der Waals surface area contributed by atoms with Crippen molar-refractivity contribution in [3.05, 3.63) is 29.8 Å². The zero-order valence-corrected chi connectivity index (χ0v) is 18.2. The van der Waals surface area contributed by atoms with Crippen LogP contribution in [0.1, 0.15) is 43.0 Å². The van der Waals surface area contributed by atoms with Gasteiger partial charge in [0.05, 0.1) is 11.4 Å². The molecule has 1 aromatic heterocycles. The van der Waals surface area contributed by atoms with Crippen molar-refractivity contribution < 1.29 is 13.2 Å². The Kier molecular flexibility index (Phi) is 7.44. The van der Waals surface area contributed by atoms with Crippen LogP contribution in [-0.2, 0) is 10.0 Å². The molecule has 1 fully saturated rings. The van der Waals surface area contributed by atoms with Crippen molar-refractivity contribution in [3.8, 4) is 0 Å². The summed E-state index contributed by atoms with van der Waals surface area (Å²) in [4.78, 5) is 12.7. The third-order valence-electron chi connectivity index (χ3n) is 4.39. The molecule has 0 atom stereocenters. The molecule has 1 N–H and O–H groups in total. The fourth-order valence-electron chi connectivity index (χ4n) is 2.81. The molecule has 0 spiro atoms. The number of nitrogens with one attached hydrogen (secondary N) is 1. The minimum atomic E-state index is -3.53. The molecule has 0 bridgehead atoms. The second kappa shape index (κ2) is 9.82. The molecule has 0 aliphatic carbocycles. The van der Waals surface area contributed by atoms with E-state index in [0.717, 1.165) is 35.8 Å². The lowest BCUT2D eigenvalue weighted by molar-refractivity contribution is 0.101. The molecule has 152 valence electrons. The molecule has 1 aliphatic rings. The Labute approximate surface area is 174 Å². The molecule has 0 saturated carbocycles. The highest BCUT2D eigenvalue weighted by atomic mass is 32.2. The highest BCUT2D eigenvalue weighted by Gasteiger charge is 2.27. The van der Waals surface area contributed by atoms with Crippen LogP contribution in [-0.4, -0.2) is 54.1 Å². The third-order valence-corrected chi connectivity index (χ3v) is 8.38. The molecule has 1 aromatic carbocycles. The van der Waals surface area contributed by atoms with Gasteiger partial charge >= 0.3 is 0 Å². The Bertz CT molecular complexity index is 908. The quantitative estimate of drug-likeness (QED) is 0.343. The number of carbonyl (C=O) groups excluding carboxylic acids is 1. The summed E-state index contributed by atoms with van der Waals surface area (Å²) < 4.78 is 27.7. The van der Waals surface area contributed by atoms with Crippen LogP contribution in [0.15, 0.2) is 33.5 Å². The first kappa shape index (κ1) is 21.2. The minimum Gasteiger partial charge on any atom is -0.353 e. The summed E-state index contributed by atoms with van der Waals surface area (Å²) in [5.74, 6) is 0.816. The molecule has 28 heavy (non-hydrogen) atoms. The highest BCUT2D eigenvalue weighted by molar-refractivity contribution is 8.01. The molecule has 2 aromatic rings. The van der Waals surface area contributed by atoms with E-state index in [1.807, 2.05) is 0 Å². The predicted molar refractivity (Wildman–Crippen MR) is 113 cm³/mol. The minimum absolute atomic E-state index is 0.0431. The predicted octanol–water partition coefficient (Wildman–Crippen LogP) is 3.51. The zero-order chi connectivity index (χ0) is 20.0. The van der Waals surface area contributed by atoms with Crippen molar-refractivity contribution in [3.63, 3.8) is 0 Å². The smallest absolute Gasteiger partial charge is 0.243 e. The summed E-state index contributed by atoms with van der Waals surface area (Å²) >= 11 is 3.08. The van der Waals surface area contributed by atoms with E-state index in [2.05, 4.69) is 22.4 Å². The number of Topliss-reactive ketones (excluding diaryl/α,β-unsaturated/α-hetero) is 1. The first-order valence-corrected chi connectivity index (χ1v) is 12.6. The number of aromatic nitrogens is 2. The van der Waals surface area contributed by atoms with Gasteiger partial charge in [-0.3, -0.25) is 4.79 Å². The standard InChI is InChI=1S/C18H24N4O3S3/c1-2-3-11-26-18-21-20-17(27-18)19-13-16(23)14-7-6-8-15(12-14)28(24,25)22-9-4-5-10-22/h6-8,12H,2-5,9-11,13H2,1H3,(H,19,20). The Morgan fingerprint density at radius 3 is 2.82 bits per heavy atom. The van der Waals surface area contributed by atoms with Crippen LogP contribution in [0.4, 0.5) is 5.13 Å². The third kappa shape index (κ3) is 5.31. The molecular formula is C18H24N4O3S3. The number of unbranched alkanes of at least 4 members (excludes halogenated alkanes) is 1. The molecule has 3 rings (SSSR count). The van der Waals surface area contributed by atoms with E-state index in [1.165, 1.54) is 21.7 Å². The van der Waals surface area contributed by atoms with Crippen molar-refractivity contribution in [2.45, 2.75) is 41.8 Å². The summed E-state index contributed by atoms with van der Waals surface area (Å²) in [6.45, 7) is 3.27. The Morgan fingerprint density at radius 1 is 1.29 bits per heavy atom. The number of sulfonamides is 1. The van der Waals surface area contributed by atoms with Crippen LogP contribution in [0.25, 0.3) is 0 Å². The number of ketones is 1. The van der Waals surface area contributed by atoms with Crippen LogP contribution in [0.5, 0.6) is 0 Å². The first-order valence-electron chi connectivity index (χ1n) is 9.34. The maximum atomic E-state index is 12.7.